The van der Waals surface area contributed by atoms with Crippen LogP contribution >= 0.6 is 11.6 Å². The molecule has 124 valence electrons. The summed E-state index contributed by atoms with van der Waals surface area (Å²) in [6.45, 7) is 3.76. The normalized spacial score (nSPS) is 11.8. The van der Waals surface area contributed by atoms with E-state index in [1.807, 2.05) is 55.5 Å². The lowest BCUT2D eigenvalue weighted by Gasteiger charge is -2.17. The topological polar surface area (TPSA) is 39.7 Å². The maximum Gasteiger partial charge on any atom is 0.138 e. The summed E-state index contributed by atoms with van der Waals surface area (Å²) < 4.78 is 16.4. The van der Waals surface area contributed by atoms with Crippen LogP contribution in [0.25, 0.3) is 0 Å². The van der Waals surface area contributed by atoms with Crippen molar-refractivity contribution in [3.63, 3.8) is 0 Å². The van der Waals surface area contributed by atoms with Gasteiger partial charge in [0.2, 0.25) is 0 Å². The molecule has 2 aromatic carbocycles. The molecule has 0 spiro atoms. The Labute approximate surface area is 142 Å². The Bertz CT molecular complexity index is 606. The van der Waals surface area contributed by atoms with E-state index in [4.69, 9.17) is 25.8 Å². The second-order valence-electron chi connectivity index (χ2n) is 5.11. The SMILES string of the molecule is COCCOc1cccc(NCC(C)Oc2ccccc2Cl)c1. The summed E-state index contributed by atoms with van der Waals surface area (Å²) in [7, 11) is 1.65. The van der Waals surface area contributed by atoms with E-state index in [9.17, 15) is 0 Å². The van der Waals surface area contributed by atoms with Crippen LogP contribution in [0.5, 0.6) is 11.5 Å². The molecule has 0 amide bonds. The molecule has 0 heterocycles. The molecule has 0 bridgehead atoms. The molecule has 1 atom stereocenters. The van der Waals surface area contributed by atoms with Crippen LogP contribution in [0.4, 0.5) is 5.69 Å². The van der Waals surface area contributed by atoms with Crippen LogP contribution in [-0.4, -0.2) is 33.0 Å². The fourth-order valence-electron chi connectivity index (χ4n) is 2.00. The highest BCUT2D eigenvalue weighted by atomic mass is 35.5. The number of rotatable bonds is 9. The van der Waals surface area contributed by atoms with Crippen LogP contribution in [0, 0.1) is 0 Å². The lowest BCUT2D eigenvalue weighted by molar-refractivity contribution is 0.146. The summed E-state index contributed by atoms with van der Waals surface area (Å²) in [4.78, 5) is 0. The zero-order valence-corrected chi connectivity index (χ0v) is 14.2. The van der Waals surface area contributed by atoms with Crippen LogP contribution in [-0.2, 0) is 4.74 Å². The quantitative estimate of drug-likeness (QED) is 0.696. The van der Waals surface area contributed by atoms with Gasteiger partial charge in [-0.3, -0.25) is 0 Å². The predicted octanol–water partition coefficient (Wildman–Crippen LogP) is 4.24. The van der Waals surface area contributed by atoms with Crippen molar-refractivity contribution in [2.75, 3.05) is 32.2 Å². The number of halogens is 1. The van der Waals surface area contributed by atoms with Crippen molar-refractivity contribution in [3.8, 4) is 11.5 Å². The second-order valence-corrected chi connectivity index (χ2v) is 5.52. The zero-order valence-electron chi connectivity index (χ0n) is 13.4. The summed E-state index contributed by atoms with van der Waals surface area (Å²) in [6, 6.07) is 15.3. The Morgan fingerprint density at radius 3 is 2.70 bits per heavy atom. The van der Waals surface area contributed by atoms with E-state index in [1.165, 1.54) is 0 Å². The summed E-state index contributed by atoms with van der Waals surface area (Å²) in [5.74, 6) is 1.51. The number of anilines is 1. The van der Waals surface area contributed by atoms with Crippen molar-refractivity contribution in [3.05, 3.63) is 53.6 Å². The fraction of sp³-hybridized carbons (Fsp3) is 0.333. The summed E-state index contributed by atoms with van der Waals surface area (Å²) in [5.41, 5.74) is 0.981. The van der Waals surface area contributed by atoms with Crippen LogP contribution in [0.1, 0.15) is 6.92 Å². The minimum atomic E-state index is -0.0204. The number of hydrogen-bond donors (Lipinski definition) is 1. The van der Waals surface area contributed by atoms with E-state index >= 15 is 0 Å². The summed E-state index contributed by atoms with van der Waals surface area (Å²) >= 11 is 6.09. The Morgan fingerprint density at radius 2 is 1.91 bits per heavy atom. The van der Waals surface area contributed by atoms with E-state index in [0.717, 1.165) is 11.4 Å². The molecule has 0 aromatic heterocycles. The van der Waals surface area contributed by atoms with E-state index in [1.54, 1.807) is 7.11 Å². The highest BCUT2D eigenvalue weighted by Gasteiger charge is 2.07. The molecular formula is C18H22ClNO3. The number of ether oxygens (including phenoxy) is 3. The van der Waals surface area contributed by atoms with Crippen LogP contribution < -0.4 is 14.8 Å². The van der Waals surface area contributed by atoms with Gasteiger partial charge in [0.05, 0.1) is 18.2 Å². The Balaban J connectivity index is 1.83. The maximum absolute atomic E-state index is 6.09. The Kier molecular flexibility index (Phi) is 7.04. The molecule has 2 rings (SSSR count). The van der Waals surface area contributed by atoms with Gasteiger partial charge in [0, 0.05) is 18.9 Å². The average molecular weight is 336 g/mol. The van der Waals surface area contributed by atoms with E-state index < -0.39 is 0 Å². The molecule has 0 saturated heterocycles. The Morgan fingerprint density at radius 1 is 1.09 bits per heavy atom. The van der Waals surface area contributed by atoms with Crippen molar-refractivity contribution in [2.24, 2.45) is 0 Å². The zero-order chi connectivity index (χ0) is 16.5. The molecule has 0 fully saturated rings. The van der Waals surface area contributed by atoms with Gasteiger partial charge in [0.15, 0.2) is 0 Å². The third-order valence-electron chi connectivity index (χ3n) is 3.15. The van der Waals surface area contributed by atoms with Gasteiger partial charge in [0.1, 0.15) is 24.2 Å². The molecule has 1 N–H and O–H groups in total. The molecule has 23 heavy (non-hydrogen) atoms. The highest BCUT2D eigenvalue weighted by molar-refractivity contribution is 6.32. The van der Waals surface area contributed by atoms with Gasteiger partial charge < -0.3 is 19.5 Å². The van der Waals surface area contributed by atoms with Crippen LogP contribution in [0.2, 0.25) is 5.02 Å². The van der Waals surface area contributed by atoms with Gasteiger partial charge in [-0.1, -0.05) is 29.8 Å². The molecule has 2 aromatic rings. The third kappa shape index (κ3) is 6.00. The minimum absolute atomic E-state index is 0.0204. The van der Waals surface area contributed by atoms with Gasteiger partial charge in [-0.2, -0.15) is 0 Å². The lowest BCUT2D eigenvalue weighted by atomic mass is 10.3. The second kappa shape index (κ2) is 9.28. The average Bonchev–Trinajstić information content (AvgIpc) is 2.56. The number of nitrogens with one attached hydrogen (secondary N) is 1. The van der Waals surface area contributed by atoms with E-state index in [-0.39, 0.29) is 6.10 Å². The Hall–Kier alpha value is -1.91. The molecule has 0 aliphatic carbocycles. The van der Waals surface area contributed by atoms with Crippen molar-refractivity contribution in [1.82, 2.24) is 0 Å². The van der Waals surface area contributed by atoms with Crippen LogP contribution in [0.15, 0.2) is 48.5 Å². The van der Waals surface area contributed by atoms with Gasteiger partial charge in [0.25, 0.3) is 0 Å². The first-order valence-corrected chi connectivity index (χ1v) is 7.93. The van der Waals surface area contributed by atoms with Crippen molar-refractivity contribution in [2.45, 2.75) is 13.0 Å². The van der Waals surface area contributed by atoms with Crippen LogP contribution in [0.3, 0.4) is 0 Å². The largest absolute Gasteiger partial charge is 0.491 e. The first-order valence-electron chi connectivity index (χ1n) is 7.56. The van der Waals surface area contributed by atoms with E-state index in [2.05, 4.69) is 5.32 Å². The predicted molar refractivity (Wildman–Crippen MR) is 93.8 cm³/mol. The molecule has 1 unspecified atom stereocenters. The van der Waals surface area contributed by atoms with Gasteiger partial charge in [-0.15, -0.1) is 0 Å². The number of hydrogen-bond acceptors (Lipinski definition) is 4. The fourth-order valence-corrected chi connectivity index (χ4v) is 2.18. The standard InChI is InChI=1S/C18H22ClNO3/c1-14(23-18-9-4-3-8-17(18)19)13-20-15-6-5-7-16(12-15)22-11-10-21-2/h3-9,12,14,20H,10-11,13H2,1-2H3. The molecule has 0 aliphatic heterocycles. The van der Waals surface area contributed by atoms with Gasteiger partial charge >= 0.3 is 0 Å². The molecule has 0 aliphatic rings. The first-order chi connectivity index (χ1) is 11.2. The summed E-state index contributed by atoms with van der Waals surface area (Å²) in [5, 5.41) is 3.95. The smallest absolute Gasteiger partial charge is 0.138 e. The third-order valence-corrected chi connectivity index (χ3v) is 3.46. The number of benzene rings is 2. The van der Waals surface area contributed by atoms with Crippen molar-refractivity contribution >= 4 is 17.3 Å². The monoisotopic (exact) mass is 335 g/mol. The van der Waals surface area contributed by atoms with Crippen molar-refractivity contribution in [1.29, 1.82) is 0 Å². The first kappa shape index (κ1) is 17.4. The molecule has 4 nitrogen and oxygen atoms in total. The maximum atomic E-state index is 6.09. The summed E-state index contributed by atoms with van der Waals surface area (Å²) in [6.07, 6.45) is -0.0204. The number of methoxy groups -OCH3 is 1. The highest BCUT2D eigenvalue weighted by Crippen LogP contribution is 2.24. The van der Waals surface area contributed by atoms with Crippen molar-refractivity contribution < 1.29 is 14.2 Å². The molecular weight excluding hydrogens is 314 g/mol. The molecule has 0 radical (unpaired) electrons. The lowest BCUT2D eigenvalue weighted by Crippen LogP contribution is -2.22. The number of para-hydroxylation sites is 1. The molecule has 0 saturated carbocycles. The van der Waals surface area contributed by atoms with Gasteiger partial charge in [-0.05, 0) is 31.2 Å². The minimum Gasteiger partial charge on any atom is -0.491 e. The van der Waals surface area contributed by atoms with E-state index in [0.29, 0.717) is 30.5 Å². The van der Waals surface area contributed by atoms with Gasteiger partial charge in [-0.25, -0.2) is 0 Å². The molecule has 5 heteroatoms.